The molecule has 0 fully saturated rings. The van der Waals surface area contributed by atoms with Gasteiger partial charge in [0.25, 0.3) is 5.91 Å². The van der Waals surface area contributed by atoms with Gasteiger partial charge >= 0.3 is 5.97 Å². The van der Waals surface area contributed by atoms with E-state index in [1.165, 1.54) is 16.7 Å². The Balaban J connectivity index is 3.27. The first-order chi connectivity index (χ1) is 8.81. The minimum absolute atomic E-state index is 0.139. The molecule has 1 N–H and O–H groups in total. The number of hydrogen-bond donors (Lipinski definition) is 1. The van der Waals surface area contributed by atoms with Crippen LogP contribution in [0.4, 0.5) is 0 Å². The maximum Gasteiger partial charge on any atom is 0.308 e. The van der Waals surface area contributed by atoms with E-state index in [9.17, 15) is 14.4 Å². The second kappa shape index (κ2) is 6.23. The normalized spacial score (nSPS) is 19.5. The smallest absolute Gasteiger partial charge is 0.308 e. The average Bonchev–Trinajstić information content (AvgIpc) is 2.54. The first-order valence-electron chi connectivity index (χ1n) is 6.19. The second-order valence-corrected chi connectivity index (χ2v) is 6.06. The molecule has 0 aromatic carbocycles. The van der Waals surface area contributed by atoms with Crippen LogP contribution >= 0.6 is 11.8 Å². The first-order valence-corrected chi connectivity index (χ1v) is 7.23. The number of nitrogens with zero attached hydrogens (tertiary/aromatic N) is 1. The molecular weight excluding hydrogens is 266 g/mol. The number of rotatable bonds is 6. The summed E-state index contributed by atoms with van der Waals surface area (Å²) in [6.07, 6.45) is -0.391. The van der Waals surface area contributed by atoms with Crippen LogP contribution in [0.3, 0.4) is 0 Å². The van der Waals surface area contributed by atoms with Crippen LogP contribution in [0.5, 0.6) is 0 Å². The first kappa shape index (κ1) is 15.8. The molecule has 0 aromatic heterocycles. The van der Waals surface area contributed by atoms with Gasteiger partial charge in [0, 0.05) is 24.1 Å². The highest BCUT2D eigenvalue weighted by atomic mass is 32.2. The van der Waals surface area contributed by atoms with Crippen molar-refractivity contribution in [3.05, 3.63) is 11.1 Å². The quantitative estimate of drug-likeness (QED) is 0.801. The van der Waals surface area contributed by atoms with E-state index in [1.807, 2.05) is 6.92 Å². The molecule has 19 heavy (non-hydrogen) atoms. The number of likely N-dealkylation sites (N-methyl/N-ethyl adjacent to an activating group) is 1. The summed E-state index contributed by atoms with van der Waals surface area (Å²) in [5.74, 6) is -1.08. The molecule has 1 aliphatic rings. The number of aliphatic carboxylic acids is 1. The largest absolute Gasteiger partial charge is 0.481 e. The van der Waals surface area contributed by atoms with Crippen molar-refractivity contribution in [2.24, 2.45) is 5.92 Å². The van der Waals surface area contributed by atoms with Gasteiger partial charge in [-0.3, -0.25) is 14.4 Å². The molecule has 0 bridgehead atoms. The van der Waals surface area contributed by atoms with Gasteiger partial charge < -0.3 is 10.0 Å². The number of thioether (sulfide) groups is 1. The molecule has 0 spiro atoms. The van der Waals surface area contributed by atoms with Crippen LogP contribution in [0.25, 0.3) is 0 Å². The monoisotopic (exact) mass is 285 g/mol. The molecule has 1 rings (SSSR count). The molecule has 106 valence electrons. The van der Waals surface area contributed by atoms with Crippen LogP contribution in [-0.2, 0) is 14.4 Å². The molecule has 6 heteroatoms. The summed E-state index contributed by atoms with van der Waals surface area (Å²) in [6.45, 7) is 5.45. The maximum absolute atomic E-state index is 12.3. The maximum atomic E-state index is 12.3. The molecule has 1 unspecified atom stereocenters. The van der Waals surface area contributed by atoms with E-state index in [-0.39, 0.29) is 28.6 Å². The number of carbonyl (C=O) groups is 3. The summed E-state index contributed by atoms with van der Waals surface area (Å²) in [7, 11) is 1.61. The van der Waals surface area contributed by atoms with Crippen LogP contribution in [-0.4, -0.2) is 45.8 Å². The van der Waals surface area contributed by atoms with Gasteiger partial charge in [-0.2, -0.15) is 0 Å². The topological polar surface area (TPSA) is 74.7 Å². The lowest BCUT2D eigenvalue weighted by Crippen LogP contribution is -2.31. The van der Waals surface area contributed by atoms with Crippen molar-refractivity contribution in [2.75, 3.05) is 12.8 Å². The SMILES string of the molecule is CCSC1C(C(=O)C(C)C)=C(CC(=O)O)C(=O)N1C. The Morgan fingerprint density at radius 1 is 1.42 bits per heavy atom. The Bertz CT molecular complexity index is 442. The van der Waals surface area contributed by atoms with E-state index in [0.717, 1.165) is 5.75 Å². The number of Topliss-reactive ketones (excluding diaryl/α,β-unsaturated/α-hetero) is 1. The second-order valence-electron chi connectivity index (χ2n) is 4.71. The van der Waals surface area contributed by atoms with Crippen molar-refractivity contribution >= 4 is 29.4 Å². The lowest BCUT2D eigenvalue weighted by Gasteiger charge is -2.22. The van der Waals surface area contributed by atoms with Crippen LogP contribution < -0.4 is 0 Å². The lowest BCUT2D eigenvalue weighted by molar-refractivity contribution is -0.137. The van der Waals surface area contributed by atoms with Crippen LogP contribution in [0.1, 0.15) is 27.2 Å². The third-order valence-electron chi connectivity index (χ3n) is 2.94. The van der Waals surface area contributed by atoms with Gasteiger partial charge in [0.05, 0.1) is 6.42 Å². The Kier molecular flexibility index (Phi) is 5.17. The third-order valence-corrected chi connectivity index (χ3v) is 4.15. The molecule has 1 aliphatic heterocycles. The predicted octanol–water partition coefficient (Wildman–Crippen LogP) is 1.53. The summed E-state index contributed by atoms with van der Waals surface area (Å²) in [4.78, 5) is 36.7. The summed E-state index contributed by atoms with van der Waals surface area (Å²) in [5.41, 5.74) is 0.511. The van der Waals surface area contributed by atoms with Gasteiger partial charge in [0.1, 0.15) is 5.37 Å². The Morgan fingerprint density at radius 3 is 2.42 bits per heavy atom. The molecule has 1 heterocycles. The molecule has 1 atom stereocenters. The summed E-state index contributed by atoms with van der Waals surface area (Å²) < 4.78 is 0. The fraction of sp³-hybridized carbons (Fsp3) is 0.615. The van der Waals surface area contributed by atoms with Crippen molar-refractivity contribution in [1.29, 1.82) is 0 Å². The Morgan fingerprint density at radius 2 is 2.00 bits per heavy atom. The van der Waals surface area contributed by atoms with Gasteiger partial charge in [-0.25, -0.2) is 0 Å². The Labute approximate surface area is 117 Å². The predicted molar refractivity (Wildman–Crippen MR) is 73.8 cm³/mol. The summed E-state index contributed by atoms with van der Waals surface area (Å²) in [6, 6.07) is 0. The fourth-order valence-electron chi connectivity index (χ4n) is 2.03. The van der Waals surface area contributed by atoms with Gasteiger partial charge in [-0.05, 0) is 5.75 Å². The molecular formula is C13H19NO4S. The number of carboxylic acid groups (broad SMARTS) is 1. The van der Waals surface area contributed by atoms with Crippen molar-refractivity contribution < 1.29 is 19.5 Å². The highest BCUT2D eigenvalue weighted by Crippen LogP contribution is 2.35. The zero-order chi connectivity index (χ0) is 14.7. The van der Waals surface area contributed by atoms with Crippen molar-refractivity contribution in [3.8, 4) is 0 Å². The van der Waals surface area contributed by atoms with Crippen LogP contribution in [0, 0.1) is 5.92 Å². The third kappa shape index (κ3) is 3.18. The minimum Gasteiger partial charge on any atom is -0.481 e. The number of ketones is 1. The number of carboxylic acids is 1. The van der Waals surface area contributed by atoms with E-state index in [1.54, 1.807) is 20.9 Å². The fourth-order valence-corrected chi connectivity index (χ4v) is 3.09. The van der Waals surface area contributed by atoms with E-state index >= 15 is 0 Å². The number of carbonyl (C=O) groups excluding carboxylic acids is 2. The molecule has 0 aromatic rings. The molecule has 0 aliphatic carbocycles. The van der Waals surface area contributed by atoms with Gasteiger partial charge in [-0.15, -0.1) is 11.8 Å². The standard InChI is InChI=1S/C13H19NO4S/c1-5-19-13-10(11(17)7(2)3)8(6-9(15)16)12(18)14(13)4/h7,13H,5-6H2,1-4H3,(H,15,16). The van der Waals surface area contributed by atoms with E-state index in [4.69, 9.17) is 5.11 Å². The minimum atomic E-state index is -1.09. The van der Waals surface area contributed by atoms with Crippen LogP contribution in [0.2, 0.25) is 0 Å². The highest BCUT2D eigenvalue weighted by Gasteiger charge is 2.41. The van der Waals surface area contributed by atoms with E-state index < -0.39 is 12.4 Å². The zero-order valence-corrected chi connectivity index (χ0v) is 12.4. The van der Waals surface area contributed by atoms with Crippen molar-refractivity contribution in [3.63, 3.8) is 0 Å². The molecule has 0 saturated carbocycles. The average molecular weight is 285 g/mol. The van der Waals surface area contributed by atoms with Crippen molar-refractivity contribution in [1.82, 2.24) is 4.90 Å². The van der Waals surface area contributed by atoms with Gasteiger partial charge in [-0.1, -0.05) is 20.8 Å². The lowest BCUT2D eigenvalue weighted by atomic mass is 9.96. The van der Waals surface area contributed by atoms with Gasteiger partial charge in [0.2, 0.25) is 0 Å². The number of hydrogen-bond acceptors (Lipinski definition) is 4. The van der Waals surface area contributed by atoms with Gasteiger partial charge in [0.15, 0.2) is 5.78 Å². The Hall–Kier alpha value is -1.30. The number of amides is 1. The van der Waals surface area contributed by atoms with E-state index in [2.05, 4.69) is 0 Å². The zero-order valence-electron chi connectivity index (χ0n) is 11.6. The molecule has 1 amide bonds. The van der Waals surface area contributed by atoms with Crippen LogP contribution in [0.15, 0.2) is 11.1 Å². The highest BCUT2D eigenvalue weighted by molar-refractivity contribution is 8.00. The molecule has 0 saturated heterocycles. The van der Waals surface area contributed by atoms with Crippen molar-refractivity contribution in [2.45, 2.75) is 32.6 Å². The summed E-state index contributed by atoms with van der Waals surface area (Å²) in [5, 5.41) is 8.55. The van der Waals surface area contributed by atoms with E-state index in [0.29, 0.717) is 5.57 Å². The molecule has 0 radical (unpaired) electrons. The molecule has 5 nitrogen and oxygen atoms in total. The summed E-state index contributed by atoms with van der Waals surface area (Å²) >= 11 is 1.47.